The quantitative estimate of drug-likeness (QED) is 0.326. The zero-order valence-electron chi connectivity index (χ0n) is 19.8. The summed E-state index contributed by atoms with van der Waals surface area (Å²) in [4.78, 5) is 38.9. The summed E-state index contributed by atoms with van der Waals surface area (Å²) >= 11 is 0. The number of fused-ring (bicyclic) bond motifs is 1. The lowest BCUT2D eigenvalue weighted by atomic mass is 10.2. The van der Waals surface area contributed by atoms with Crippen LogP contribution in [0.2, 0.25) is 0 Å². The second kappa shape index (κ2) is 11.0. The van der Waals surface area contributed by atoms with Crippen LogP contribution in [0.15, 0.2) is 97.1 Å². The monoisotopic (exact) mass is 481 g/mol. The number of hydrogen-bond donors (Lipinski definition) is 0. The molecule has 0 saturated carbocycles. The summed E-state index contributed by atoms with van der Waals surface area (Å²) in [5.41, 5.74) is 2.56. The van der Waals surface area contributed by atoms with Crippen LogP contribution in [0.25, 0.3) is 10.9 Å². The molecule has 182 valence electrons. The number of hydrogen-bond acceptors (Lipinski definition) is 5. The molecule has 7 heteroatoms. The lowest BCUT2D eigenvalue weighted by Crippen LogP contribution is -2.48. The number of nitrogens with zero attached hydrogens (tertiary/aromatic N) is 3. The molecule has 1 aliphatic rings. The molecule has 0 aliphatic carbocycles. The first-order valence-corrected chi connectivity index (χ1v) is 12.0. The number of aromatic nitrogens is 1. The zero-order chi connectivity index (χ0) is 24.7. The lowest BCUT2D eigenvalue weighted by molar-refractivity contribution is -0.130. The van der Waals surface area contributed by atoms with Gasteiger partial charge in [0.1, 0.15) is 19.3 Å². The summed E-state index contributed by atoms with van der Waals surface area (Å²) in [6.45, 7) is 0.783. The molecule has 1 atom stereocenters. The van der Waals surface area contributed by atoms with E-state index in [4.69, 9.17) is 9.57 Å². The van der Waals surface area contributed by atoms with Crippen LogP contribution in [0.1, 0.15) is 24.0 Å². The number of carbonyl (C=O) groups is 2. The van der Waals surface area contributed by atoms with E-state index >= 15 is 0 Å². The molecule has 5 rings (SSSR count). The van der Waals surface area contributed by atoms with Gasteiger partial charge in [-0.25, -0.2) is 9.78 Å². The molecule has 0 radical (unpaired) electrons. The summed E-state index contributed by atoms with van der Waals surface area (Å²) in [6, 6.07) is 29.8. The van der Waals surface area contributed by atoms with Gasteiger partial charge < -0.3 is 4.74 Å². The van der Waals surface area contributed by atoms with Crippen molar-refractivity contribution in [2.45, 2.75) is 32.1 Å². The Morgan fingerprint density at radius 2 is 1.50 bits per heavy atom. The minimum atomic E-state index is -0.697. The summed E-state index contributed by atoms with van der Waals surface area (Å²) in [5, 5.41) is 2.19. The summed E-state index contributed by atoms with van der Waals surface area (Å²) in [5.74, 6) is 0.0296. The number of para-hydroxylation sites is 1. The molecular weight excluding hydrogens is 454 g/mol. The van der Waals surface area contributed by atoms with Crippen LogP contribution in [-0.2, 0) is 27.6 Å². The number of rotatable bonds is 7. The molecule has 1 fully saturated rings. The van der Waals surface area contributed by atoms with Gasteiger partial charge in [0.2, 0.25) is 0 Å². The molecule has 0 bridgehead atoms. The molecule has 36 heavy (non-hydrogen) atoms. The summed E-state index contributed by atoms with van der Waals surface area (Å²) in [6.07, 6.45) is 0.719. The van der Waals surface area contributed by atoms with E-state index in [0.717, 1.165) is 22.0 Å². The molecule has 4 aromatic rings. The second-order valence-electron chi connectivity index (χ2n) is 8.65. The second-order valence-corrected chi connectivity index (χ2v) is 8.65. The number of ether oxygens (including phenoxy) is 1. The third-order valence-electron chi connectivity index (χ3n) is 6.17. The minimum absolute atomic E-state index is 0.150. The molecule has 1 saturated heterocycles. The van der Waals surface area contributed by atoms with Gasteiger partial charge in [-0.05, 0) is 42.2 Å². The summed E-state index contributed by atoms with van der Waals surface area (Å²) < 4.78 is 5.52. The normalized spacial score (nSPS) is 15.1. The Balaban J connectivity index is 1.37. The van der Waals surface area contributed by atoms with Crippen molar-refractivity contribution in [1.29, 1.82) is 0 Å². The molecule has 1 aromatic heterocycles. The molecular formula is C29H27N3O4. The highest BCUT2D eigenvalue weighted by Gasteiger charge is 2.39. The van der Waals surface area contributed by atoms with E-state index < -0.39 is 12.1 Å². The Hall–Kier alpha value is -4.23. The van der Waals surface area contributed by atoms with Crippen LogP contribution < -0.4 is 5.06 Å². The lowest BCUT2D eigenvalue weighted by Gasteiger charge is -2.28. The number of likely N-dealkylation sites (tertiary alicyclic amines) is 1. The number of anilines is 1. The molecule has 0 spiro atoms. The van der Waals surface area contributed by atoms with E-state index in [1.807, 2.05) is 91.0 Å². The van der Waals surface area contributed by atoms with E-state index in [-0.39, 0.29) is 19.1 Å². The maximum absolute atomic E-state index is 13.8. The topological polar surface area (TPSA) is 72.0 Å². The SMILES string of the molecule is O=C(C1CCCN1C(=O)OCc1ccccc1)N(OCc1ccccc1)c1ccc2ccccc2n1. The molecule has 1 unspecified atom stereocenters. The predicted octanol–water partition coefficient (Wildman–Crippen LogP) is 5.50. The van der Waals surface area contributed by atoms with Crippen LogP contribution >= 0.6 is 0 Å². The zero-order valence-corrected chi connectivity index (χ0v) is 19.8. The minimum Gasteiger partial charge on any atom is -0.445 e. The first-order chi connectivity index (χ1) is 17.7. The van der Waals surface area contributed by atoms with Gasteiger partial charge in [-0.15, -0.1) is 0 Å². The van der Waals surface area contributed by atoms with Gasteiger partial charge in [0.15, 0.2) is 5.82 Å². The third-order valence-corrected chi connectivity index (χ3v) is 6.17. The van der Waals surface area contributed by atoms with E-state index in [0.29, 0.717) is 25.2 Å². The number of hydroxylamine groups is 1. The fraction of sp³-hybridized carbons (Fsp3) is 0.207. The van der Waals surface area contributed by atoms with Crippen molar-refractivity contribution in [1.82, 2.24) is 9.88 Å². The van der Waals surface area contributed by atoms with Crippen molar-refractivity contribution in [3.05, 3.63) is 108 Å². The Bertz CT molecular complexity index is 1330. The van der Waals surface area contributed by atoms with Gasteiger partial charge in [0, 0.05) is 11.9 Å². The Labute approximate surface area is 209 Å². The Morgan fingerprint density at radius 3 is 2.25 bits per heavy atom. The van der Waals surface area contributed by atoms with Crippen molar-refractivity contribution >= 4 is 28.7 Å². The van der Waals surface area contributed by atoms with Gasteiger partial charge in [-0.1, -0.05) is 78.9 Å². The summed E-state index contributed by atoms with van der Waals surface area (Å²) in [7, 11) is 0. The molecule has 0 N–H and O–H groups in total. The number of benzene rings is 3. The third kappa shape index (κ3) is 5.37. The highest BCUT2D eigenvalue weighted by molar-refractivity contribution is 5.97. The van der Waals surface area contributed by atoms with Crippen molar-refractivity contribution in [2.75, 3.05) is 11.6 Å². The van der Waals surface area contributed by atoms with Crippen molar-refractivity contribution in [3.63, 3.8) is 0 Å². The van der Waals surface area contributed by atoms with Crippen LogP contribution in [-0.4, -0.2) is 34.5 Å². The molecule has 7 nitrogen and oxygen atoms in total. The molecule has 2 amide bonds. The largest absolute Gasteiger partial charge is 0.445 e. The van der Waals surface area contributed by atoms with E-state index in [1.54, 1.807) is 6.07 Å². The highest BCUT2D eigenvalue weighted by atomic mass is 16.7. The Kier molecular flexibility index (Phi) is 7.19. The number of carbonyl (C=O) groups excluding carboxylic acids is 2. The van der Waals surface area contributed by atoms with E-state index in [9.17, 15) is 9.59 Å². The fourth-order valence-electron chi connectivity index (χ4n) is 4.30. The van der Waals surface area contributed by atoms with E-state index in [2.05, 4.69) is 4.98 Å². The fourth-order valence-corrected chi connectivity index (χ4v) is 4.30. The standard InChI is InChI=1S/C29H27N3O4/c33-28(26-16-9-19-31(26)29(34)35-20-22-10-3-1-4-11-22)32(36-21-23-12-5-2-6-13-23)27-18-17-24-14-7-8-15-25(24)30-27/h1-8,10-15,17-18,26H,9,16,19-21H2. The van der Waals surface area contributed by atoms with Crippen LogP contribution in [0.5, 0.6) is 0 Å². The van der Waals surface area contributed by atoms with Gasteiger partial charge >= 0.3 is 6.09 Å². The van der Waals surface area contributed by atoms with Crippen LogP contribution in [0.4, 0.5) is 10.6 Å². The van der Waals surface area contributed by atoms with Crippen LogP contribution in [0.3, 0.4) is 0 Å². The smallest absolute Gasteiger partial charge is 0.410 e. The molecule has 3 aromatic carbocycles. The van der Waals surface area contributed by atoms with E-state index in [1.165, 1.54) is 9.96 Å². The van der Waals surface area contributed by atoms with Crippen molar-refractivity contribution < 1.29 is 19.2 Å². The maximum atomic E-state index is 13.8. The van der Waals surface area contributed by atoms with Crippen molar-refractivity contribution in [2.24, 2.45) is 0 Å². The van der Waals surface area contributed by atoms with Gasteiger partial charge in [-0.3, -0.25) is 14.5 Å². The number of amides is 2. The highest BCUT2D eigenvalue weighted by Crippen LogP contribution is 2.25. The van der Waals surface area contributed by atoms with Gasteiger partial charge in [-0.2, -0.15) is 5.06 Å². The van der Waals surface area contributed by atoms with Crippen molar-refractivity contribution in [3.8, 4) is 0 Å². The first-order valence-electron chi connectivity index (χ1n) is 12.0. The average molecular weight is 482 g/mol. The number of pyridine rings is 1. The molecule has 2 heterocycles. The maximum Gasteiger partial charge on any atom is 0.410 e. The van der Waals surface area contributed by atoms with Gasteiger partial charge in [0.05, 0.1) is 5.52 Å². The average Bonchev–Trinajstić information content (AvgIpc) is 3.43. The predicted molar refractivity (Wildman–Crippen MR) is 137 cm³/mol. The molecule has 1 aliphatic heterocycles. The van der Waals surface area contributed by atoms with Crippen LogP contribution in [0, 0.1) is 0 Å². The Morgan fingerprint density at radius 1 is 0.833 bits per heavy atom. The first kappa shape index (κ1) is 23.5. The van der Waals surface area contributed by atoms with Gasteiger partial charge in [0.25, 0.3) is 5.91 Å².